The number of benzene rings is 1. The smallest absolute Gasteiger partial charge is 0.345 e. The van der Waals surface area contributed by atoms with E-state index in [1.165, 1.54) is 15.8 Å². The van der Waals surface area contributed by atoms with Crippen LogP contribution in [0.2, 0.25) is 0 Å². The highest BCUT2D eigenvalue weighted by Crippen LogP contribution is 2.33. The third-order valence-corrected chi connectivity index (χ3v) is 6.08. The number of fused-ring (bicyclic) bond motifs is 1. The van der Waals surface area contributed by atoms with E-state index in [0.29, 0.717) is 18.7 Å². The number of anilines is 1. The molecule has 1 aromatic carbocycles. The second-order valence-corrected chi connectivity index (χ2v) is 7.18. The lowest BCUT2D eigenvalue weighted by atomic mass is 10.2. The van der Waals surface area contributed by atoms with Gasteiger partial charge in [-0.05, 0) is 24.1 Å². The number of carbonyl (C=O) groups is 1. The van der Waals surface area contributed by atoms with Gasteiger partial charge in [-0.1, -0.05) is 18.2 Å². The minimum Gasteiger partial charge on any atom is -0.477 e. The van der Waals surface area contributed by atoms with Gasteiger partial charge in [-0.3, -0.25) is 4.31 Å². The first-order valence-corrected chi connectivity index (χ1v) is 8.24. The van der Waals surface area contributed by atoms with Crippen LogP contribution in [0.1, 0.15) is 15.2 Å². The lowest BCUT2D eigenvalue weighted by molar-refractivity contribution is 0.0702. The molecule has 0 aliphatic carbocycles. The molecule has 2 aromatic rings. The van der Waals surface area contributed by atoms with Crippen LogP contribution >= 0.6 is 11.3 Å². The number of thiophene rings is 1. The molecule has 1 N–H and O–H groups in total. The highest BCUT2D eigenvalue weighted by molar-refractivity contribution is 7.93. The van der Waals surface area contributed by atoms with Crippen LogP contribution in [-0.2, 0) is 16.4 Å². The van der Waals surface area contributed by atoms with Crippen LogP contribution in [0.4, 0.5) is 5.69 Å². The predicted octanol–water partition coefficient (Wildman–Crippen LogP) is 2.20. The zero-order chi connectivity index (χ0) is 14.3. The number of sulfonamides is 1. The lowest BCUT2D eigenvalue weighted by Gasteiger charge is -2.18. The molecule has 0 amide bonds. The van der Waals surface area contributed by atoms with E-state index in [-0.39, 0.29) is 9.77 Å². The summed E-state index contributed by atoms with van der Waals surface area (Å²) in [4.78, 5) is 10.9. The maximum absolute atomic E-state index is 12.6. The molecule has 0 fully saturated rings. The van der Waals surface area contributed by atoms with Gasteiger partial charge in [-0.2, -0.15) is 0 Å². The number of rotatable bonds is 3. The van der Waals surface area contributed by atoms with Crippen LogP contribution in [0.5, 0.6) is 0 Å². The fourth-order valence-electron chi connectivity index (χ4n) is 2.25. The fourth-order valence-corrected chi connectivity index (χ4v) is 4.85. The summed E-state index contributed by atoms with van der Waals surface area (Å²) >= 11 is 0.919. The Bertz CT molecular complexity index is 779. The molecule has 0 spiro atoms. The predicted molar refractivity (Wildman–Crippen MR) is 76.0 cm³/mol. The standard InChI is InChI=1S/C13H11NO4S2/c15-13(16)12-7-10(8-19-12)20(17,18)14-6-5-9-3-1-2-4-11(9)14/h1-4,7-8H,5-6H2,(H,15,16). The van der Waals surface area contributed by atoms with Crippen molar-refractivity contribution in [3.8, 4) is 0 Å². The maximum atomic E-state index is 12.6. The van der Waals surface area contributed by atoms with E-state index in [4.69, 9.17) is 5.11 Å². The largest absolute Gasteiger partial charge is 0.477 e. The first-order valence-electron chi connectivity index (χ1n) is 5.92. The lowest BCUT2D eigenvalue weighted by Crippen LogP contribution is -2.28. The Morgan fingerprint density at radius 3 is 2.75 bits per heavy atom. The van der Waals surface area contributed by atoms with Crippen molar-refractivity contribution in [3.05, 3.63) is 46.2 Å². The van der Waals surface area contributed by atoms with E-state index < -0.39 is 16.0 Å². The van der Waals surface area contributed by atoms with Gasteiger partial charge in [0.1, 0.15) is 4.88 Å². The molecular formula is C13H11NO4S2. The first kappa shape index (κ1) is 13.1. The van der Waals surface area contributed by atoms with Crippen LogP contribution in [0.15, 0.2) is 40.6 Å². The summed E-state index contributed by atoms with van der Waals surface area (Å²) in [6.45, 7) is 0.389. The van der Waals surface area contributed by atoms with Gasteiger partial charge in [0, 0.05) is 11.9 Å². The summed E-state index contributed by atoms with van der Waals surface area (Å²) in [5.41, 5.74) is 1.67. The first-order chi connectivity index (χ1) is 9.50. The molecule has 0 atom stereocenters. The van der Waals surface area contributed by atoms with Gasteiger partial charge in [0.15, 0.2) is 0 Å². The number of hydrogen-bond acceptors (Lipinski definition) is 4. The van der Waals surface area contributed by atoms with Crippen molar-refractivity contribution >= 4 is 33.0 Å². The molecule has 7 heteroatoms. The van der Waals surface area contributed by atoms with Crippen molar-refractivity contribution in [3.63, 3.8) is 0 Å². The van der Waals surface area contributed by atoms with Gasteiger partial charge in [-0.15, -0.1) is 11.3 Å². The van der Waals surface area contributed by atoms with Gasteiger partial charge in [0.25, 0.3) is 10.0 Å². The molecule has 2 heterocycles. The average molecular weight is 309 g/mol. The normalized spacial score (nSPS) is 14.3. The number of carboxylic acid groups (broad SMARTS) is 1. The molecule has 3 rings (SSSR count). The van der Waals surface area contributed by atoms with Crippen molar-refractivity contribution in [2.45, 2.75) is 11.3 Å². The van der Waals surface area contributed by atoms with E-state index >= 15 is 0 Å². The Hall–Kier alpha value is -1.86. The second kappa shape index (κ2) is 4.60. The van der Waals surface area contributed by atoms with Crippen molar-refractivity contribution < 1.29 is 18.3 Å². The molecule has 1 aromatic heterocycles. The number of carboxylic acids is 1. The Morgan fingerprint density at radius 1 is 1.30 bits per heavy atom. The van der Waals surface area contributed by atoms with Crippen LogP contribution in [-0.4, -0.2) is 26.0 Å². The van der Waals surface area contributed by atoms with E-state index in [1.807, 2.05) is 12.1 Å². The Balaban J connectivity index is 2.03. The number of hydrogen-bond donors (Lipinski definition) is 1. The third kappa shape index (κ3) is 1.99. The zero-order valence-electron chi connectivity index (χ0n) is 10.3. The Labute approximate surface area is 120 Å². The quantitative estimate of drug-likeness (QED) is 0.943. The molecule has 1 aliphatic heterocycles. The minimum atomic E-state index is -3.68. The van der Waals surface area contributed by atoms with Gasteiger partial charge in [-0.25, -0.2) is 13.2 Å². The van der Waals surface area contributed by atoms with Gasteiger partial charge in [0.05, 0.1) is 10.6 Å². The number of nitrogens with zero attached hydrogens (tertiary/aromatic N) is 1. The van der Waals surface area contributed by atoms with Gasteiger partial charge >= 0.3 is 5.97 Å². The van der Waals surface area contributed by atoms with E-state index in [9.17, 15) is 13.2 Å². The highest BCUT2D eigenvalue weighted by Gasteiger charge is 2.31. The molecule has 20 heavy (non-hydrogen) atoms. The molecule has 5 nitrogen and oxygen atoms in total. The average Bonchev–Trinajstić information content (AvgIpc) is 3.06. The van der Waals surface area contributed by atoms with E-state index in [1.54, 1.807) is 12.1 Å². The zero-order valence-corrected chi connectivity index (χ0v) is 11.9. The molecule has 104 valence electrons. The summed E-state index contributed by atoms with van der Waals surface area (Å²) in [6.07, 6.45) is 0.672. The Kier molecular flexibility index (Phi) is 3.02. The second-order valence-electron chi connectivity index (χ2n) is 4.41. The fraction of sp³-hybridized carbons (Fsp3) is 0.154. The summed E-state index contributed by atoms with van der Waals surface area (Å²) < 4.78 is 26.5. The summed E-state index contributed by atoms with van der Waals surface area (Å²) in [5, 5.41) is 10.3. The van der Waals surface area contributed by atoms with Crippen LogP contribution < -0.4 is 4.31 Å². The van der Waals surface area contributed by atoms with Gasteiger partial charge < -0.3 is 5.11 Å². The molecule has 0 saturated carbocycles. The molecule has 0 saturated heterocycles. The van der Waals surface area contributed by atoms with Crippen LogP contribution in [0.3, 0.4) is 0 Å². The van der Waals surface area contributed by atoms with E-state index in [0.717, 1.165) is 16.9 Å². The van der Waals surface area contributed by atoms with Crippen molar-refractivity contribution in [1.29, 1.82) is 0 Å². The van der Waals surface area contributed by atoms with E-state index in [2.05, 4.69) is 0 Å². The molecule has 0 bridgehead atoms. The summed E-state index contributed by atoms with van der Waals surface area (Å²) in [7, 11) is -3.68. The SMILES string of the molecule is O=C(O)c1cc(S(=O)(=O)N2CCc3ccccc32)cs1. The molecule has 1 aliphatic rings. The van der Waals surface area contributed by atoms with Crippen molar-refractivity contribution in [1.82, 2.24) is 0 Å². The van der Waals surface area contributed by atoms with Crippen molar-refractivity contribution in [2.75, 3.05) is 10.8 Å². The van der Waals surface area contributed by atoms with Crippen LogP contribution in [0.25, 0.3) is 0 Å². The maximum Gasteiger partial charge on any atom is 0.345 e. The van der Waals surface area contributed by atoms with Crippen LogP contribution in [0, 0.1) is 0 Å². The highest BCUT2D eigenvalue weighted by atomic mass is 32.2. The summed E-state index contributed by atoms with van der Waals surface area (Å²) in [5.74, 6) is -1.11. The Morgan fingerprint density at radius 2 is 2.05 bits per heavy atom. The number of para-hydroxylation sites is 1. The topological polar surface area (TPSA) is 74.7 Å². The molecule has 0 unspecified atom stereocenters. The number of aromatic carboxylic acids is 1. The molecular weight excluding hydrogens is 298 g/mol. The third-order valence-electron chi connectivity index (χ3n) is 3.22. The molecule has 0 radical (unpaired) electrons. The summed E-state index contributed by atoms with van der Waals surface area (Å²) in [6, 6.07) is 8.56. The van der Waals surface area contributed by atoms with Gasteiger partial charge in [0.2, 0.25) is 0 Å². The monoisotopic (exact) mass is 309 g/mol. The van der Waals surface area contributed by atoms with Crippen molar-refractivity contribution in [2.24, 2.45) is 0 Å². The minimum absolute atomic E-state index is 0.0241.